The highest BCUT2D eigenvalue weighted by atomic mass is 35.5. The maximum absolute atomic E-state index is 14.0. The number of piperidine rings is 1. The summed E-state index contributed by atoms with van der Waals surface area (Å²) in [6, 6.07) is 7.23. The first kappa shape index (κ1) is 19.7. The van der Waals surface area contributed by atoms with Gasteiger partial charge in [0.15, 0.2) is 0 Å². The topological polar surface area (TPSA) is 79.4 Å². The van der Waals surface area contributed by atoms with Crippen LogP contribution < -0.4 is 5.32 Å². The number of amides is 1. The molecule has 1 amide bonds. The number of aromatic nitrogens is 1. The van der Waals surface area contributed by atoms with Gasteiger partial charge in [-0.15, -0.1) is 0 Å². The number of halogens is 2. The van der Waals surface area contributed by atoms with Gasteiger partial charge in [0.2, 0.25) is 15.9 Å². The average Bonchev–Trinajstić information content (AvgIpc) is 2.65. The summed E-state index contributed by atoms with van der Waals surface area (Å²) in [4.78, 5) is 16.1. The second-order valence-corrected chi connectivity index (χ2v) is 8.81. The Kier molecular flexibility index (Phi) is 5.78. The quantitative estimate of drug-likeness (QED) is 0.837. The van der Waals surface area contributed by atoms with E-state index >= 15 is 0 Å². The zero-order valence-electron chi connectivity index (χ0n) is 14.7. The first-order valence-electron chi connectivity index (χ1n) is 8.46. The molecule has 27 heavy (non-hydrogen) atoms. The van der Waals surface area contributed by atoms with Crippen LogP contribution in [0, 0.1) is 18.7 Å². The van der Waals surface area contributed by atoms with Gasteiger partial charge in [0.05, 0.1) is 5.02 Å². The van der Waals surface area contributed by atoms with Gasteiger partial charge in [0.1, 0.15) is 16.5 Å². The van der Waals surface area contributed by atoms with Crippen LogP contribution in [0.3, 0.4) is 0 Å². The highest BCUT2D eigenvalue weighted by Gasteiger charge is 2.33. The maximum Gasteiger partial charge on any atom is 0.245 e. The molecule has 1 aromatic carbocycles. The van der Waals surface area contributed by atoms with Crippen molar-refractivity contribution < 1.29 is 17.6 Å². The van der Waals surface area contributed by atoms with Gasteiger partial charge in [-0.1, -0.05) is 17.7 Å². The number of hydrogen-bond donors (Lipinski definition) is 1. The Morgan fingerprint density at radius 2 is 1.96 bits per heavy atom. The summed E-state index contributed by atoms with van der Waals surface area (Å²) in [5.74, 6) is -0.935. The number of nitrogens with zero attached hydrogens (tertiary/aromatic N) is 2. The molecular formula is C18H19ClFN3O3S. The maximum atomic E-state index is 14.0. The molecule has 0 atom stereocenters. The number of hydrogen-bond acceptors (Lipinski definition) is 4. The fraction of sp³-hybridized carbons (Fsp3) is 0.333. The number of carbonyl (C=O) groups excluding carboxylic acids is 1. The molecule has 1 aromatic heterocycles. The van der Waals surface area contributed by atoms with Gasteiger partial charge in [0, 0.05) is 25.2 Å². The van der Waals surface area contributed by atoms with E-state index in [0.717, 1.165) is 6.07 Å². The standard InChI is InChI=1S/C18H19ClFN3O3S/c1-12-2-4-15(20)16(10-12)27(25,26)23-8-6-13(7-9-23)18(24)22-17-5-3-14(19)11-21-17/h2-5,10-11,13H,6-9H2,1H3,(H,21,22,24). The van der Waals surface area contributed by atoms with Crippen molar-refractivity contribution in [3.05, 3.63) is 52.9 Å². The Morgan fingerprint density at radius 3 is 2.59 bits per heavy atom. The number of rotatable bonds is 4. The molecule has 144 valence electrons. The van der Waals surface area contributed by atoms with Crippen molar-refractivity contribution in [1.82, 2.24) is 9.29 Å². The molecule has 3 rings (SSSR count). The Morgan fingerprint density at radius 1 is 1.26 bits per heavy atom. The lowest BCUT2D eigenvalue weighted by atomic mass is 9.97. The Hall–Kier alpha value is -2.03. The third-order valence-corrected chi connectivity index (χ3v) is 6.65. The summed E-state index contributed by atoms with van der Waals surface area (Å²) in [6.45, 7) is 2.02. The molecule has 0 saturated carbocycles. The van der Waals surface area contributed by atoms with E-state index in [4.69, 9.17) is 11.6 Å². The normalized spacial score (nSPS) is 16.3. The first-order chi connectivity index (χ1) is 12.8. The summed E-state index contributed by atoms with van der Waals surface area (Å²) >= 11 is 5.76. The molecule has 2 aromatic rings. The van der Waals surface area contributed by atoms with E-state index in [1.54, 1.807) is 19.1 Å². The van der Waals surface area contributed by atoms with Crippen LogP contribution in [0.4, 0.5) is 10.2 Å². The summed E-state index contributed by atoms with van der Waals surface area (Å²) in [7, 11) is -3.93. The molecule has 1 saturated heterocycles. The molecular weight excluding hydrogens is 393 g/mol. The van der Waals surface area contributed by atoms with Crippen molar-refractivity contribution in [1.29, 1.82) is 0 Å². The molecule has 1 aliphatic rings. The van der Waals surface area contributed by atoms with Crippen LogP contribution in [-0.2, 0) is 14.8 Å². The van der Waals surface area contributed by atoms with E-state index in [2.05, 4.69) is 10.3 Å². The molecule has 9 heteroatoms. The second kappa shape index (κ2) is 7.92. The lowest BCUT2D eigenvalue weighted by Gasteiger charge is -2.30. The van der Waals surface area contributed by atoms with Crippen LogP contribution in [-0.4, -0.2) is 36.7 Å². The Labute approximate surface area is 162 Å². The number of carbonyl (C=O) groups is 1. The van der Waals surface area contributed by atoms with E-state index in [1.165, 1.54) is 22.6 Å². The first-order valence-corrected chi connectivity index (χ1v) is 10.3. The van der Waals surface area contributed by atoms with Gasteiger partial charge in [-0.2, -0.15) is 4.31 Å². The van der Waals surface area contributed by atoms with Crippen LogP contribution in [0.2, 0.25) is 5.02 Å². The molecule has 1 fully saturated rings. The highest BCUT2D eigenvalue weighted by Crippen LogP contribution is 2.26. The van der Waals surface area contributed by atoms with E-state index in [-0.39, 0.29) is 29.8 Å². The van der Waals surface area contributed by atoms with Crippen molar-refractivity contribution in [2.75, 3.05) is 18.4 Å². The largest absolute Gasteiger partial charge is 0.310 e. The molecule has 6 nitrogen and oxygen atoms in total. The van der Waals surface area contributed by atoms with Crippen LogP contribution in [0.15, 0.2) is 41.4 Å². The monoisotopic (exact) mass is 411 g/mol. The van der Waals surface area contributed by atoms with Crippen LogP contribution in [0.25, 0.3) is 0 Å². The minimum atomic E-state index is -3.93. The highest BCUT2D eigenvalue weighted by molar-refractivity contribution is 7.89. The lowest BCUT2D eigenvalue weighted by molar-refractivity contribution is -0.120. The van der Waals surface area contributed by atoms with Crippen molar-refractivity contribution in [2.45, 2.75) is 24.7 Å². The average molecular weight is 412 g/mol. The van der Waals surface area contributed by atoms with Crippen molar-refractivity contribution in [2.24, 2.45) is 5.92 Å². The van der Waals surface area contributed by atoms with Crippen LogP contribution in [0.5, 0.6) is 0 Å². The second-order valence-electron chi connectivity index (χ2n) is 6.46. The van der Waals surface area contributed by atoms with Crippen LogP contribution >= 0.6 is 11.6 Å². The van der Waals surface area contributed by atoms with E-state index < -0.39 is 15.8 Å². The van der Waals surface area contributed by atoms with Crippen molar-refractivity contribution in [3.8, 4) is 0 Å². The minimum absolute atomic E-state index is 0.155. The van der Waals surface area contributed by atoms with Gasteiger partial charge >= 0.3 is 0 Å². The molecule has 2 heterocycles. The molecule has 0 radical (unpaired) electrons. The third-order valence-electron chi connectivity index (χ3n) is 4.51. The summed E-state index contributed by atoms with van der Waals surface area (Å²) in [5, 5.41) is 3.17. The van der Waals surface area contributed by atoms with Gasteiger partial charge in [-0.05, 0) is 49.6 Å². The molecule has 1 N–H and O–H groups in total. The SMILES string of the molecule is Cc1ccc(F)c(S(=O)(=O)N2CCC(C(=O)Nc3ccc(Cl)cn3)CC2)c1. The third kappa shape index (κ3) is 4.45. The molecule has 0 spiro atoms. The number of sulfonamides is 1. The predicted octanol–water partition coefficient (Wildman–Crippen LogP) is 3.22. The number of nitrogens with one attached hydrogen (secondary N) is 1. The van der Waals surface area contributed by atoms with Gasteiger partial charge in [0.25, 0.3) is 0 Å². The smallest absolute Gasteiger partial charge is 0.245 e. The summed E-state index contributed by atoms with van der Waals surface area (Å²) < 4.78 is 40.7. The zero-order chi connectivity index (χ0) is 19.6. The number of pyridine rings is 1. The van der Waals surface area contributed by atoms with E-state index in [1.807, 2.05) is 0 Å². The van der Waals surface area contributed by atoms with E-state index in [9.17, 15) is 17.6 Å². The molecule has 1 aliphatic heterocycles. The summed E-state index contributed by atoms with van der Waals surface area (Å²) in [5.41, 5.74) is 0.666. The Balaban J connectivity index is 1.65. The fourth-order valence-electron chi connectivity index (χ4n) is 2.98. The molecule has 0 unspecified atom stereocenters. The lowest BCUT2D eigenvalue weighted by Crippen LogP contribution is -2.41. The number of anilines is 1. The molecule has 0 bridgehead atoms. The van der Waals surface area contributed by atoms with Crippen molar-refractivity contribution in [3.63, 3.8) is 0 Å². The summed E-state index contributed by atoms with van der Waals surface area (Å²) in [6.07, 6.45) is 2.14. The molecule has 0 aliphatic carbocycles. The number of benzene rings is 1. The van der Waals surface area contributed by atoms with Crippen molar-refractivity contribution >= 4 is 33.3 Å². The predicted molar refractivity (Wildman–Crippen MR) is 100 cm³/mol. The van der Waals surface area contributed by atoms with Gasteiger partial charge in [-0.3, -0.25) is 4.79 Å². The van der Waals surface area contributed by atoms with Crippen LogP contribution in [0.1, 0.15) is 18.4 Å². The van der Waals surface area contributed by atoms with E-state index in [0.29, 0.717) is 29.2 Å². The number of aryl methyl sites for hydroxylation is 1. The zero-order valence-corrected chi connectivity index (χ0v) is 16.2. The van der Waals surface area contributed by atoms with Gasteiger partial charge < -0.3 is 5.32 Å². The van der Waals surface area contributed by atoms with Gasteiger partial charge in [-0.25, -0.2) is 17.8 Å². The Bertz CT molecular complexity index is 943. The fourth-order valence-corrected chi connectivity index (χ4v) is 4.71. The minimum Gasteiger partial charge on any atom is -0.310 e.